The van der Waals surface area contributed by atoms with E-state index >= 15 is 0 Å². The standard InChI is InChI=1S/C17H15BrN2O4/c18-11-5-10(12(21)6-13(11)22)7-19-20-16(23)14-8-1-2-9(4-3-8)15(14)17(20)24/h1-2,5-9,14-15,21-22H,3-4H2. The molecule has 4 unspecified atom stereocenters. The topological polar surface area (TPSA) is 90.2 Å². The number of rotatable bonds is 2. The van der Waals surface area contributed by atoms with Gasteiger partial charge in [-0.25, -0.2) is 0 Å². The lowest BCUT2D eigenvalue weighted by atomic mass is 9.63. The molecule has 7 heteroatoms. The van der Waals surface area contributed by atoms with E-state index in [1.54, 1.807) is 0 Å². The highest BCUT2D eigenvalue weighted by Crippen LogP contribution is 2.49. The average Bonchev–Trinajstić information content (AvgIpc) is 2.84. The summed E-state index contributed by atoms with van der Waals surface area (Å²) in [4.78, 5) is 25.2. The number of halogens is 1. The van der Waals surface area contributed by atoms with Crippen molar-refractivity contribution in [1.29, 1.82) is 0 Å². The van der Waals surface area contributed by atoms with E-state index < -0.39 is 0 Å². The quantitative estimate of drug-likeness (QED) is 0.460. The Hall–Kier alpha value is -2.15. The molecule has 4 aliphatic rings. The molecule has 1 aromatic carbocycles. The minimum Gasteiger partial charge on any atom is -0.507 e. The monoisotopic (exact) mass is 390 g/mol. The van der Waals surface area contributed by atoms with Crippen LogP contribution < -0.4 is 0 Å². The van der Waals surface area contributed by atoms with E-state index in [2.05, 4.69) is 33.2 Å². The molecule has 1 heterocycles. The molecule has 124 valence electrons. The first-order chi connectivity index (χ1) is 11.5. The Kier molecular flexibility index (Phi) is 3.49. The Bertz CT molecular complexity index is 772. The van der Waals surface area contributed by atoms with Crippen LogP contribution in [0.3, 0.4) is 0 Å². The lowest BCUT2D eigenvalue weighted by Gasteiger charge is -2.37. The smallest absolute Gasteiger partial charge is 0.254 e. The maximum atomic E-state index is 12.6. The third-order valence-corrected chi connectivity index (χ3v) is 5.78. The second-order valence-electron chi connectivity index (χ2n) is 6.44. The van der Waals surface area contributed by atoms with E-state index in [-0.39, 0.29) is 47.0 Å². The van der Waals surface area contributed by atoms with Crippen LogP contribution in [0.5, 0.6) is 11.5 Å². The second kappa shape index (κ2) is 5.44. The highest BCUT2D eigenvalue weighted by molar-refractivity contribution is 9.10. The van der Waals surface area contributed by atoms with Crippen LogP contribution in [0.25, 0.3) is 0 Å². The summed E-state index contributed by atoms with van der Waals surface area (Å²) in [5, 5.41) is 24.3. The summed E-state index contributed by atoms with van der Waals surface area (Å²) in [6, 6.07) is 2.64. The summed E-state index contributed by atoms with van der Waals surface area (Å²) in [5.74, 6) is -1.20. The van der Waals surface area contributed by atoms with Gasteiger partial charge in [0.15, 0.2) is 0 Å². The van der Waals surface area contributed by atoms with Gasteiger partial charge in [-0.05, 0) is 46.7 Å². The summed E-state index contributed by atoms with van der Waals surface area (Å²) in [6.45, 7) is 0. The molecule has 6 nitrogen and oxygen atoms in total. The number of hydrogen-bond donors (Lipinski definition) is 2. The van der Waals surface area contributed by atoms with Gasteiger partial charge in [-0.2, -0.15) is 10.1 Å². The first kappa shape index (κ1) is 15.4. The zero-order valence-electron chi connectivity index (χ0n) is 12.6. The Morgan fingerprint density at radius 2 is 1.62 bits per heavy atom. The van der Waals surface area contributed by atoms with Crippen LogP contribution in [0.1, 0.15) is 18.4 Å². The largest absolute Gasteiger partial charge is 0.507 e. The Balaban J connectivity index is 1.63. The van der Waals surface area contributed by atoms with Gasteiger partial charge in [0.1, 0.15) is 11.5 Å². The number of phenols is 2. The van der Waals surface area contributed by atoms with Gasteiger partial charge >= 0.3 is 0 Å². The SMILES string of the molecule is O=C1C2C3C=CC(CC3)C2C(=O)N1N=Cc1cc(Br)c(O)cc1O. The molecule has 1 aliphatic heterocycles. The van der Waals surface area contributed by atoms with E-state index in [1.165, 1.54) is 18.3 Å². The summed E-state index contributed by atoms with van der Waals surface area (Å²) in [5.41, 5.74) is 0.302. The number of allylic oxidation sites excluding steroid dienone is 2. The summed E-state index contributed by atoms with van der Waals surface area (Å²) in [6.07, 6.45) is 7.24. The van der Waals surface area contributed by atoms with Crippen molar-refractivity contribution in [3.05, 3.63) is 34.3 Å². The summed E-state index contributed by atoms with van der Waals surface area (Å²) < 4.78 is 0.386. The summed E-state index contributed by atoms with van der Waals surface area (Å²) >= 11 is 3.15. The maximum Gasteiger partial charge on any atom is 0.254 e. The molecule has 2 bridgehead atoms. The van der Waals surface area contributed by atoms with E-state index in [9.17, 15) is 19.8 Å². The molecule has 0 aromatic heterocycles. The zero-order chi connectivity index (χ0) is 17.0. The van der Waals surface area contributed by atoms with Crippen molar-refractivity contribution in [2.24, 2.45) is 28.8 Å². The van der Waals surface area contributed by atoms with Crippen LogP contribution >= 0.6 is 15.9 Å². The zero-order valence-corrected chi connectivity index (χ0v) is 14.2. The van der Waals surface area contributed by atoms with Gasteiger partial charge in [0, 0.05) is 11.6 Å². The van der Waals surface area contributed by atoms with Gasteiger partial charge in [-0.15, -0.1) is 0 Å². The van der Waals surface area contributed by atoms with E-state index in [4.69, 9.17) is 0 Å². The molecule has 4 atom stereocenters. The predicted octanol–water partition coefficient (Wildman–Crippen LogP) is 2.39. The fraction of sp³-hybridized carbons (Fsp3) is 0.353. The van der Waals surface area contributed by atoms with Crippen LogP contribution in [-0.4, -0.2) is 33.3 Å². The number of imide groups is 1. The molecule has 3 aliphatic carbocycles. The minimum atomic E-state index is -0.307. The third kappa shape index (κ3) is 2.18. The van der Waals surface area contributed by atoms with E-state index in [0.29, 0.717) is 10.0 Å². The molecule has 2 fully saturated rings. The van der Waals surface area contributed by atoms with Crippen LogP contribution in [0, 0.1) is 23.7 Å². The maximum absolute atomic E-state index is 12.6. The molecule has 1 saturated carbocycles. The van der Waals surface area contributed by atoms with Crippen LogP contribution in [0.4, 0.5) is 0 Å². The predicted molar refractivity (Wildman–Crippen MR) is 89.3 cm³/mol. The van der Waals surface area contributed by atoms with Gasteiger partial charge in [0.05, 0.1) is 22.5 Å². The van der Waals surface area contributed by atoms with Crippen molar-refractivity contribution in [3.8, 4) is 11.5 Å². The van der Waals surface area contributed by atoms with Crippen molar-refractivity contribution in [3.63, 3.8) is 0 Å². The third-order valence-electron chi connectivity index (χ3n) is 5.14. The van der Waals surface area contributed by atoms with Crippen molar-refractivity contribution in [2.75, 3.05) is 0 Å². The van der Waals surface area contributed by atoms with Gasteiger partial charge < -0.3 is 10.2 Å². The number of hydrogen-bond acceptors (Lipinski definition) is 5. The molecule has 0 spiro atoms. The first-order valence-electron chi connectivity index (χ1n) is 7.79. The van der Waals surface area contributed by atoms with Crippen molar-refractivity contribution < 1.29 is 19.8 Å². The number of benzene rings is 1. The number of carbonyl (C=O) groups excluding carboxylic acids is 2. The molecular weight excluding hydrogens is 376 g/mol. The van der Waals surface area contributed by atoms with Crippen LogP contribution in [0.15, 0.2) is 33.9 Å². The first-order valence-corrected chi connectivity index (χ1v) is 8.58. The van der Waals surface area contributed by atoms with Gasteiger partial charge in [-0.1, -0.05) is 12.2 Å². The highest BCUT2D eigenvalue weighted by Gasteiger charge is 2.56. The Labute approximate surface area is 146 Å². The number of aromatic hydroxyl groups is 2. The molecule has 1 aromatic rings. The normalized spacial score (nSPS) is 31.3. The molecule has 2 amide bonds. The van der Waals surface area contributed by atoms with Crippen molar-refractivity contribution in [2.45, 2.75) is 12.8 Å². The second-order valence-corrected chi connectivity index (χ2v) is 7.29. The van der Waals surface area contributed by atoms with Crippen LogP contribution in [-0.2, 0) is 9.59 Å². The molecule has 1 saturated heterocycles. The summed E-state index contributed by atoms with van der Waals surface area (Å²) in [7, 11) is 0. The Morgan fingerprint density at radius 3 is 2.17 bits per heavy atom. The van der Waals surface area contributed by atoms with E-state index in [0.717, 1.165) is 17.9 Å². The fourth-order valence-corrected chi connectivity index (χ4v) is 4.32. The lowest BCUT2D eigenvalue weighted by Crippen LogP contribution is -2.38. The molecular formula is C17H15BrN2O4. The molecule has 0 radical (unpaired) electrons. The Morgan fingerprint density at radius 1 is 1.04 bits per heavy atom. The molecule has 24 heavy (non-hydrogen) atoms. The number of hydrazone groups is 1. The van der Waals surface area contributed by atoms with Gasteiger partial charge in [0.25, 0.3) is 11.8 Å². The van der Waals surface area contributed by atoms with Gasteiger partial charge in [-0.3, -0.25) is 9.59 Å². The van der Waals surface area contributed by atoms with Crippen molar-refractivity contribution in [1.82, 2.24) is 5.01 Å². The fourth-order valence-electron chi connectivity index (χ4n) is 3.96. The number of amides is 2. The number of nitrogens with zero attached hydrogens (tertiary/aromatic N) is 2. The van der Waals surface area contributed by atoms with E-state index in [1.807, 2.05) is 0 Å². The van der Waals surface area contributed by atoms with Gasteiger partial charge in [0.2, 0.25) is 0 Å². The molecule has 2 N–H and O–H groups in total. The average molecular weight is 391 g/mol. The number of fused-ring (bicyclic) bond motifs is 1. The van der Waals surface area contributed by atoms with Crippen molar-refractivity contribution >= 4 is 34.0 Å². The lowest BCUT2D eigenvalue weighted by molar-refractivity contribution is -0.140. The minimum absolute atomic E-state index is 0.105. The highest BCUT2D eigenvalue weighted by atomic mass is 79.9. The molecule has 5 rings (SSSR count). The number of phenolic OH excluding ortho intramolecular Hbond substituents is 2. The van der Waals surface area contributed by atoms with Crippen LogP contribution in [0.2, 0.25) is 0 Å². The number of carbonyl (C=O) groups is 2.